The molecule has 0 spiro atoms. The summed E-state index contributed by atoms with van der Waals surface area (Å²) in [7, 11) is 2.55. The van der Waals surface area contributed by atoms with E-state index in [9.17, 15) is 19.2 Å². The first-order valence-corrected chi connectivity index (χ1v) is 6.24. The van der Waals surface area contributed by atoms with Crippen LogP contribution in [0.4, 0.5) is 0 Å². The zero-order valence-electron chi connectivity index (χ0n) is 10.3. The summed E-state index contributed by atoms with van der Waals surface area (Å²) in [4.78, 5) is 48.0. The predicted octanol–water partition coefficient (Wildman–Crippen LogP) is 0.293. The lowest BCUT2D eigenvalue weighted by atomic mass is 10.1. The maximum absolute atomic E-state index is 12.0. The van der Waals surface area contributed by atoms with Crippen LogP contribution in [0.25, 0.3) is 21.5 Å². The normalized spacial score (nSPS) is 11.8. The molecule has 0 saturated heterocycles. The number of nitrogens with zero attached hydrogens (tertiary/aromatic N) is 2. The van der Waals surface area contributed by atoms with Crippen molar-refractivity contribution in [3.05, 3.63) is 51.5 Å². The Balaban J connectivity index is 2.94. The van der Waals surface area contributed by atoms with Crippen LogP contribution in [-0.2, 0) is 14.1 Å². The molecule has 3 rings (SSSR count). The summed E-state index contributed by atoms with van der Waals surface area (Å²) in [6, 6.07) is 0. The summed E-state index contributed by atoms with van der Waals surface area (Å²) < 4.78 is 1.69. The van der Waals surface area contributed by atoms with E-state index < -0.39 is 22.2 Å². The minimum absolute atomic E-state index is 0.126. The average Bonchev–Trinajstić information content (AvgIpc) is 2.77. The molecule has 8 heteroatoms. The Kier molecular flexibility index (Phi) is 2.49. The molecule has 0 saturated carbocycles. The molecule has 0 amide bonds. The second kappa shape index (κ2) is 3.80. The first-order chi connectivity index (χ1) is 9.29. The number of aromatic nitrogens is 2. The van der Waals surface area contributed by atoms with Gasteiger partial charge in [-0.1, -0.05) is 23.2 Å². The van der Waals surface area contributed by atoms with Crippen LogP contribution in [0.1, 0.15) is 0 Å². The van der Waals surface area contributed by atoms with Gasteiger partial charge in [-0.3, -0.25) is 28.3 Å². The summed E-state index contributed by atoms with van der Waals surface area (Å²) in [5.41, 5.74) is -2.58. The van der Waals surface area contributed by atoms with E-state index >= 15 is 0 Å². The largest absolute Gasteiger partial charge is 0.277 e. The van der Waals surface area contributed by atoms with E-state index in [0.717, 1.165) is 9.13 Å². The molecule has 0 bridgehead atoms. The summed E-state index contributed by atoms with van der Waals surface area (Å²) in [5, 5.41) is -0.910. The second-order valence-corrected chi connectivity index (χ2v) is 5.22. The van der Waals surface area contributed by atoms with Crippen molar-refractivity contribution in [1.29, 1.82) is 0 Å². The zero-order chi connectivity index (χ0) is 14.9. The third kappa shape index (κ3) is 1.25. The number of fused-ring (bicyclic) bond motifs is 2. The minimum atomic E-state index is -0.644. The van der Waals surface area contributed by atoms with Gasteiger partial charge < -0.3 is 0 Å². The molecule has 0 aliphatic heterocycles. The molecule has 20 heavy (non-hydrogen) atoms. The van der Waals surface area contributed by atoms with E-state index in [1.54, 1.807) is 0 Å². The average molecular weight is 313 g/mol. The molecule has 0 fully saturated rings. The van der Waals surface area contributed by atoms with Gasteiger partial charge in [-0.2, -0.15) is 0 Å². The van der Waals surface area contributed by atoms with Crippen molar-refractivity contribution in [1.82, 2.24) is 9.13 Å². The number of benzene rings is 1. The Morgan fingerprint density at radius 2 is 0.800 bits per heavy atom. The van der Waals surface area contributed by atoms with Gasteiger partial charge in [-0.15, -0.1) is 0 Å². The first kappa shape index (κ1) is 13.1. The standard InChI is InChI=1S/C12H6Cl2N2O4/c1-15-9(17)3-4(10(15)18)8(14)6-5(7(3)13)11(19)16(2)12(6)20/h1-2H3. The molecule has 6 nitrogen and oxygen atoms in total. The van der Waals surface area contributed by atoms with Crippen molar-refractivity contribution in [3.63, 3.8) is 0 Å². The van der Waals surface area contributed by atoms with Crippen LogP contribution in [0.2, 0.25) is 10.0 Å². The van der Waals surface area contributed by atoms with Crippen LogP contribution >= 0.6 is 23.2 Å². The number of rotatable bonds is 0. The number of halogens is 2. The molecule has 0 radical (unpaired) electrons. The SMILES string of the molecule is Cn1c(=O)c2c(Cl)c3c(=O)n(C)c(=O)c3c(Cl)c2c1=O. The molecule has 0 unspecified atom stereocenters. The summed E-state index contributed by atoms with van der Waals surface area (Å²) in [6.45, 7) is 0. The Morgan fingerprint density at radius 1 is 0.600 bits per heavy atom. The summed E-state index contributed by atoms with van der Waals surface area (Å²) in [6.07, 6.45) is 0. The van der Waals surface area contributed by atoms with Gasteiger partial charge in [0.05, 0.1) is 31.6 Å². The Hall–Kier alpha value is -1.92. The van der Waals surface area contributed by atoms with Gasteiger partial charge in [0.15, 0.2) is 0 Å². The van der Waals surface area contributed by atoms with E-state index in [-0.39, 0.29) is 31.6 Å². The van der Waals surface area contributed by atoms with Crippen molar-refractivity contribution >= 4 is 44.7 Å². The molecule has 1 aromatic carbocycles. The lowest BCUT2D eigenvalue weighted by Gasteiger charge is -1.97. The highest BCUT2D eigenvalue weighted by Gasteiger charge is 2.25. The van der Waals surface area contributed by atoms with E-state index in [0.29, 0.717) is 0 Å². The molecular weight excluding hydrogens is 307 g/mol. The van der Waals surface area contributed by atoms with Crippen LogP contribution in [-0.4, -0.2) is 9.13 Å². The number of hydrogen-bond acceptors (Lipinski definition) is 4. The fourth-order valence-electron chi connectivity index (χ4n) is 2.35. The summed E-state index contributed by atoms with van der Waals surface area (Å²) >= 11 is 12.1. The molecule has 0 atom stereocenters. The monoisotopic (exact) mass is 312 g/mol. The van der Waals surface area contributed by atoms with E-state index in [1.807, 2.05) is 0 Å². The topological polar surface area (TPSA) is 78.1 Å². The summed E-state index contributed by atoms with van der Waals surface area (Å²) in [5.74, 6) is 0. The predicted molar refractivity (Wildman–Crippen MR) is 76.9 cm³/mol. The molecule has 2 heterocycles. The molecule has 3 aromatic rings. The van der Waals surface area contributed by atoms with Crippen LogP contribution in [0, 0.1) is 0 Å². The van der Waals surface area contributed by atoms with Gasteiger partial charge >= 0.3 is 0 Å². The highest BCUT2D eigenvalue weighted by molar-refractivity contribution is 6.47. The van der Waals surface area contributed by atoms with Crippen molar-refractivity contribution in [3.8, 4) is 0 Å². The van der Waals surface area contributed by atoms with Crippen LogP contribution in [0.3, 0.4) is 0 Å². The van der Waals surface area contributed by atoms with Crippen molar-refractivity contribution in [2.45, 2.75) is 0 Å². The second-order valence-electron chi connectivity index (χ2n) is 4.47. The third-order valence-corrected chi connectivity index (χ3v) is 4.21. The highest BCUT2D eigenvalue weighted by atomic mass is 35.5. The Bertz CT molecular complexity index is 943. The molecule has 0 N–H and O–H groups in total. The number of hydrogen-bond donors (Lipinski definition) is 0. The fourth-order valence-corrected chi connectivity index (χ4v) is 3.05. The molecule has 102 valence electrons. The van der Waals surface area contributed by atoms with Gasteiger partial charge in [-0.05, 0) is 0 Å². The van der Waals surface area contributed by atoms with Crippen LogP contribution in [0.5, 0.6) is 0 Å². The fraction of sp³-hybridized carbons (Fsp3) is 0.167. The smallest absolute Gasteiger partial charge is 0.262 e. The molecule has 2 aromatic heterocycles. The van der Waals surface area contributed by atoms with Gasteiger partial charge in [0.1, 0.15) is 0 Å². The highest BCUT2D eigenvalue weighted by Crippen LogP contribution is 2.33. The van der Waals surface area contributed by atoms with Crippen molar-refractivity contribution < 1.29 is 0 Å². The van der Waals surface area contributed by atoms with Crippen molar-refractivity contribution in [2.75, 3.05) is 0 Å². The van der Waals surface area contributed by atoms with Crippen LogP contribution in [0.15, 0.2) is 19.2 Å². The van der Waals surface area contributed by atoms with E-state index in [4.69, 9.17) is 23.2 Å². The van der Waals surface area contributed by atoms with Crippen molar-refractivity contribution in [2.24, 2.45) is 14.1 Å². The van der Waals surface area contributed by atoms with E-state index in [1.165, 1.54) is 14.1 Å². The molecular formula is C12H6Cl2N2O4. The Labute approximate surface area is 120 Å². The third-order valence-electron chi connectivity index (χ3n) is 3.45. The minimum Gasteiger partial charge on any atom is -0.277 e. The quantitative estimate of drug-likeness (QED) is 0.598. The van der Waals surface area contributed by atoms with Gasteiger partial charge in [0, 0.05) is 14.1 Å². The molecule has 0 aliphatic carbocycles. The van der Waals surface area contributed by atoms with Gasteiger partial charge in [0.2, 0.25) is 0 Å². The van der Waals surface area contributed by atoms with E-state index in [2.05, 4.69) is 0 Å². The lowest BCUT2D eigenvalue weighted by molar-refractivity contribution is 0.854. The first-order valence-electron chi connectivity index (χ1n) is 5.48. The lowest BCUT2D eigenvalue weighted by Crippen LogP contribution is -2.22. The van der Waals surface area contributed by atoms with Crippen LogP contribution < -0.4 is 22.2 Å². The maximum Gasteiger partial charge on any atom is 0.262 e. The van der Waals surface area contributed by atoms with Gasteiger partial charge in [0.25, 0.3) is 22.2 Å². The van der Waals surface area contributed by atoms with Gasteiger partial charge in [-0.25, -0.2) is 0 Å². The maximum atomic E-state index is 12.0. The zero-order valence-corrected chi connectivity index (χ0v) is 11.8. The Morgan fingerprint density at radius 3 is 1.00 bits per heavy atom. The molecule has 0 aliphatic rings.